The first-order valence-electron chi connectivity index (χ1n) is 5.35. The molecule has 0 aromatic heterocycles. The molecule has 0 saturated carbocycles. The van der Waals surface area contributed by atoms with Gasteiger partial charge in [0.15, 0.2) is 0 Å². The zero-order chi connectivity index (χ0) is 13.3. The lowest BCUT2D eigenvalue weighted by molar-refractivity contribution is 0.469. The molecule has 1 unspecified atom stereocenters. The van der Waals surface area contributed by atoms with Crippen LogP contribution in [0.1, 0.15) is 24.5 Å². The Morgan fingerprint density at radius 2 is 2.00 bits per heavy atom. The Morgan fingerprint density at radius 3 is 2.47 bits per heavy atom. The number of hydrogen-bond donors (Lipinski definition) is 1. The average Bonchev–Trinajstić information content (AvgIpc) is 2.18. The Hall–Kier alpha value is -0.940. The fourth-order valence-electron chi connectivity index (χ4n) is 1.49. The van der Waals surface area contributed by atoms with E-state index in [2.05, 4.69) is 0 Å². The van der Waals surface area contributed by atoms with E-state index in [1.165, 1.54) is 12.3 Å². The second-order valence-electron chi connectivity index (χ2n) is 4.76. The molecular formula is C12H18FNO2S. The van der Waals surface area contributed by atoms with Gasteiger partial charge in [0.25, 0.3) is 0 Å². The fraction of sp³-hybridized carbons (Fsp3) is 0.500. The maximum Gasteiger partial charge on any atom is 0.147 e. The maximum absolute atomic E-state index is 13.4. The fourth-order valence-corrected chi connectivity index (χ4v) is 2.28. The lowest BCUT2D eigenvalue weighted by atomic mass is 9.90. The van der Waals surface area contributed by atoms with Crippen molar-refractivity contribution >= 4 is 9.84 Å². The third-order valence-corrected chi connectivity index (χ3v) is 3.77. The first kappa shape index (κ1) is 14.1. The standard InChI is InChI=1S/C12H18FNO2S/c1-9-4-5-10(8-11(9)13)12(2,14)6-7-17(3,15)16/h4-5,8H,6-7,14H2,1-3H3. The Bertz CT molecular complexity index is 509. The number of rotatable bonds is 4. The molecule has 1 aromatic carbocycles. The van der Waals surface area contributed by atoms with E-state index in [-0.39, 0.29) is 18.0 Å². The van der Waals surface area contributed by atoms with Gasteiger partial charge in [-0.2, -0.15) is 0 Å². The molecular weight excluding hydrogens is 241 g/mol. The van der Waals surface area contributed by atoms with Crippen molar-refractivity contribution in [3.05, 3.63) is 35.1 Å². The molecule has 3 nitrogen and oxygen atoms in total. The number of halogens is 1. The zero-order valence-electron chi connectivity index (χ0n) is 10.3. The second-order valence-corrected chi connectivity index (χ2v) is 7.02. The monoisotopic (exact) mass is 259 g/mol. The van der Waals surface area contributed by atoms with Crippen LogP contribution in [0.4, 0.5) is 4.39 Å². The van der Waals surface area contributed by atoms with E-state index in [0.717, 1.165) is 0 Å². The third-order valence-electron chi connectivity index (χ3n) is 2.82. The molecule has 17 heavy (non-hydrogen) atoms. The summed E-state index contributed by atoms with van der Waals surface area (Å²) in [5, 5.41) is 0. The van der Waals surface area contributed by atoms with E-state index in [0.29, 0.717) is 11.1 Å². The number of sulfone groups is 1. The molecule has 1 rings (SSSR count). The largest absolute Gasteiger partial charge is 0.322 e. The van der Waals surface area contributed by atoms with E-state index < -0.39 is 15.4 Å². The van der Waals surface area contributed by atoms with Crippen LogP contribution in [0.25, 0.3) is 0 Å². The lowest BCUT2D eigenvalue weighted by Gasteiger charge is -2.25. The third kappa shape index (κ3) is 4.09. The van der Waals surface area contributed by atoms with Crippen molar-refractivity contribution in [2.75, 3.05) is 12.0 Å². The van der Waals surface area contributed by atoms with Gasteiger partial charge in [-0.3, -0.25) is 0 Å². The van der Waals surface area contributed by atoms with Crippen LogP contribution < -0.4 is 5.73 Å². The Kier molecular flexibility index (Phi) is 3.94. The van der Waals surface area contributed by atoms with Crippen molar-refractivity contribution in [2.45, 2.75) is 25.8 Å². The molecule has 0 bridgehead atoms. The first-order chi connectivity index (χ1) is 7.62. The minimum Gasteiger partial charge on any atom is -0.322 e. The molecule has 0 heterocycles. The van der Waals surface area contributed by atoms with Crippen molar-refractivity contribution in [3.8, 4) is 0 Å². The van der Waals surface area contributed by atoms with Crippen LogP contribution in [-0.2, 0) is 15.4 Å². The van der Waals surface area contributed by atoms with Gasteiger partial charge < -0.3 is 5.73 Å². The summed E-state index contributed by atoms with van der Waals surface area (Å²) in [5.41, 5.74) is 6.36. The summed E-state index contributed by atoms with van der Waals surface area (Å²) >= 11 is 0. The second kappa shape index (κ2) is 4.74. The first-order valence-corrected chi connectivity index (χ1v) is 7.41. The molecule has 0 fully saturated rings. The summed E-state index contributed by atoms with van der Waals surface area (Å²) < 4.78 is 35.6. The molecule has 1 aromatic rings. The summed E-state index contributed by atoms with van der Waals surface area (Å²) in [7, 11) is -3.06. The number of aryl methyl sites for hydroxylation is 1. The van der Waals surface area contributed by atoms with E-state index in [1.54, 1.807) is 26.0 Å². The summed E-state index contributed by atoms with van der Waals surface area (Å²) in [4.78, 5) is 0. The predicted molar refractivity (Wildman–Crippen MR) is 67.0 cm³/mol. The van der Waals surface area contributed by atoms with Crippen LogP contribution in [0.2, 0.25) is 0 Å². The molecule has 0 radical (unpaired) electrons. The molecule has 0 aliphatic heterocycles. The minimum absolute atomic E-state index is 0.00447. The van der Waals surface area contributed by atoms with Crippen LogP contribution in [0.15, 0.2) is 18.2 Å². The van der Waals surface area contributed by atoms with Gasteiger partial charge in [0, 0.05) is 11.8 Å². The Balaban J connectivity index is 2.92. The van der Waals surface area contributed by atoms with E-state index >= 15 is 0 Å². The summed E-state index contributed by atoms with van der Waals surface area (Å²) in [6, 6.07) is 4.76. The predicted octanol–water partition coefficient (Wildman–Crippen LogP) is 1.74. The maximum atomic E-state index is 13.4. The van der Waals surface area contributed by atoms with E-state index in [4.69, 9.17) is 5.73 Å². The molecule has 0 spiro atoms. The van der Waals surface area contributed by atoms with Crippen LogP contribution in [0.5, 0.6) is 0 Å². The molecule has 0 aliphatic rings. The SMILES string of the molecule is Cc1ccc(C(C)(N)CCS(C)(=O)=O)cc1F. The topological polar surface area (TPSA) is 60.2 Å². The highest BCUT2D eigenvalue weighted by Crippen LogP contribution is 2.24. The van der Waals surface area contributed by atoms with Crippen LogP contribution in [0, 0.1) is 12.7 Å². The van der Waals surface area contributed by atoms with Gasteiger partial charge in [0.2, 0.25) is 0 Å². The van der Waals surface area contributed by atoms with Gasteiger partial charge in [-0.05, 0) is 37.5 Å². The lowest BCUT2D eigenvalue weighted by Crippen LogP contribution is -2.35. The summed E-state index contributed by atoms with van der Waals surface area (Å²) in [6.07, 6.45) is 1.44. The minimum atomic E-state index is -3.06. The number of hydrogen-bond acceptors (Lipinski definition) is 3. The van der Waals surface area contributed by atoms with Crippen molar-refractivity contribution < 1.29 is 12.8 Å². The smallest absolute Gasteiger partial charge is 0.147 e. The van der Waals surface area contributed by atoms with Crippen LogP contribution >= 0.6 is 0 Å². The van der Waals surface area contributed by atoms with Gasteiger partial charge in [-0.1, -0.05) is 12.1 Å². The molecule has 5 heteroatoms. The van der Waals surface area contributed by atoms with Gasteiger partial charge in [-0.25, -0.2) is 12.8 Å². The highest BCUT2D eigenvalue weighted by atomic mass is 32.2. The Labute approximate surface area is 102 Å². The highest BCUT2D eigenvalue weighted by Gasteiger charge is 2.23. The number of benzene rings is 1. The van der Waals surface area contributed by atoms with Crippen molar-refractivity contribution in [2.24, 2.45) is 5.73 Å². The molecule has 0 aliphatic carbocycles. The molecule has 1 atom stereocenters. The highest BCUT2D eigenvalue weighted by molar-refractivity contribution is 7.90. The number of nitrogens with two attached hydrogens (primary N) is 1. The molecule has 2 N–H and O–H groups in total. The van der Waals surface area contributed by atoms with Crippen molar-refractivity contribution in [3.63, 3.8) is 0 Å². The molecule has 96 valence electrons. The van der Waals surface area contributed by atoms with Gasteiger partial charge in [0.1, 0.15) is 15.7 Å². The van der Waals surface area contributed by atoms with Gasteiger partial charge >= 0.3 is 0 Å². The summed E-state index contributed by atoms with van der Waals surface area (Å²) in [5.74, 6) is -0.325. The molecule has 0 saturated heterocycles. The zero-order valence-corrected chi connectivity index (χ0v) is 11.1. The van der Waals surface area contributed by atoms with Crippen LogP contribution in [-0.4, -0.2) is 20.4 Å². The van der Waals surface area contributed by atoms with Crippen molar-refractivity contribution in [1.82, 2.24) is 0 Å². The van der Waals surface area contributed by atoms with E-state index in [9.17, 15) is 12.8 Å². The van der Waals surface area contributed by atoms with E-state index in [1.807, 2.05) is 0 Å². The Morgan fingerprint density at radius 1 is 1.41 bits per heavy atom. The molecule has 0 amide bonds. The normalized spacial score (nSPS) is 15.6. The van der Waals surface area contributed by atoms with Crippen LogP contribution in [0.3, 0.4) is 0 Å². The average molecular weight is 259 g/mol. The quantitative estimate of drug-likeness (QED) is 0.896. The van der Waals surface area contributed by atoms with Gasteiger partial charge in [-0.15, -0.1) is 0 Å². The van der Waals surface area contributed by atoms with Gasteiger partial charge in [0.05, 0.1) is 5.75 Å². The van der Waals surface area contributed by atoms with Crippen molar-refractivity contribution in [1.29, 1.82) is 0 Å². The summed E-state index contributed by atoms with van der Waals surface area (Å²) in [6.45, 7) is 3.38.